The summed E-state index contributed by atoms with van der Waals surface area (Å²) in [5.74, 6) is -0.691. The number of amides is 1. The fraction of sp³-hybridized carbons (Fsp3) is 0.571. The Morgan fingerprint density at radius 1 is 1.43 bits per heavy atom. The summed E-state index contributed by atoms with van der Waals surface area (Å²) in [6.07, 6.45) is 2.85. The maximum Gasteiger partial charge on any atom is 0.291 e. The second kappa shape index (κ2) is 6.27. The summed E-state index contributed by atoms with van der Waals surface area (Å²) in [7, 11) is -3.84. The van der Waals surface area contributed by atoms with Gasteiger partial charge in [-0.2, -0.15) is 8.42 Å². The summed E-state index contributed by atoms with van der Waals surface area (Å²) >= 11 is 1.05. The van der Waals surface area contributed by atoms with Crippen molar-refractivity contribution >= 4 is 27.3 Å². The van der Waals surface area contributed by atoms with Gasteiger partial charge in [-0.25, -0.2) is 9.71 Å². The van der Waals surface area contributed by atoms with E-state index in [0.717, 1.165) is 23.5 Å². The van der Waals surface area contributed by atoms with E-state index < -0.39 is 15.9 Å². The van der Waals surface area contributed by atoms with Crippen LogP contribution in [0.4, 0.5) is 0 Å². The maximum atomic E-state index is 12.2. The second-order valence-electron chi connectivity index (χ2n) is 5.43. The van der Waals surface area contributed by atoms with Crippen molar-refractivity contribution in [1.82, 2.24) is 9.71 Å². The van der Waals surface area contributed by atoms with Crippen LogP contribution in [0.2, 0.25) is 0 Å². The fourth-order valence-electron chi connectivity index (χ4n) is 2.31. The molecule has 1 aliphatic rings. The topological polar surface area (TPSA) is 76.1 Å². The van der Waals surface area contributed by atoms with Crippen LogP contribution < -0.4 is 4.72 Å². The number of nitrogens with one attached hydrogen (secondary N) is 1. The van der Waals surface area contributed by atoms with Crippen molar-refractivity contribution in [3.05, 3.63) is 22.2 Å². The standard InChI is InChI=1S/C14H20N2O3S2/c1-4-12-8-20-14(15-12)21(18,19)16-13(17)11-6-5-9(2)10(3)7-11/h8,11H,4-7H2,1-3H3,(H,16,17). The van der Waals surface area contributed by atoms with Crippen LogP contribution in [0.3, 0.4) is 0 Å². The van der Waals surface area contributed by atoms with E-state index in [2.05, 4.69) is 16.6 Å². The lowest BCUT2D eigenvalue weighted by Crippen LogP contribution is -2.36. The van der Waals surface area contributed by atoms with Crippen LogP contribution in [0.25, 0.3) is 0 Å². The third-order valence-corrected chi connectivity index (χ3v) is 6.53. The van der Waals surface area contributed by atoms with E-state index in [1.165, 1.54) is 11.1 Å². The van der Waals surface area contributed by atoms with Gasteiger partial charge >= 0.3 is 0 Å². The predicted molar refractivity (Wildman–Crippen MR) is 82.5 cm³/mol. The minimum absolute atomic E-state index is 0.0352. The number of hydrogen-bond donors (Lipinski definition) is 1. The first kappa shape index (κ1) is 16.2. The van der Waals surface area contributed by atoms with Gasteiger partial charge in [-0.05, 0) is 39.5 Å². The molecule has 0 aliphatic heterocycles. The molecule has 1 N–H and O–H groups in total. The van der Waals surface area contributed by atoms with E-state index in [9.17, 15) is 13.2 Å². The zero-order valence-electron chi connectivity index (χ0n) is 12.5. The molecule has 21 heavy (non-hydrogen) atoms. The summed E-state index contributed by atoms with van der Waals surface area (Å²) in [6, 6.07) is 0. The molecule has 1 heterocycles. The first-order chi connectivity index (χ1) is 9.83. The minimum atomic E-state index is -3.84. The Labute approximate surface area is 129 Å². The van der Waals surface area contributed by atoms with E-state index in [-0.39, 0.29) is 10.3 Å². The number of rotatable bonds is 4. The van der Waals surface area contributed by atoms with Gasteiger partial charge in [-0.3, -0.25) is 4.79 Å². The lowest BCUT2D eigenvalue weighted by Gasteiger charge is -2.23. The van der Waals surface area contributed by atoms with Gasteiger partial charge in [0.05, 0.1) is 5.69 Å². The second-order valence-corrected chi connectivity index (χ2v) is 8.14. The Morgan fingerprint density at radius 3 is 2.71 bits per heavy atom. The molecule has 0 saturated heterocycles. The van der Waals surface area contributed by atoms with Gasteiger partial charge in [0.15, 0.2) is 0 Å². The van der Waals surface area contributed by atoms with E-state index >= 15 is 0 Å². The predicted octanol–water partition coefficient (Wildman–Crippen LogP) is 2.65. The summed E-state index contributed by atoms with van der Waals surface area (Å²) in [5.41, 5.74) is 3.20. The Bertz CT molecular complexity index is 674. The minimum Gasteiger partial charge on any atom is -0.274 e. The number of thiazole rings is 1. The highest BCUT2D eigenvalue weighted by molar-refractivity contribution is 7.92. The highest BCUT2D eigenvalue weighted by Crippen LogP contribution is 2.29. The van der Waals surface area contributed by atoms with E-state index in [1.54, 1.807) is 5.38 Å². The van der Waals surface area contributed by atoms with E-state index in [4.69, 9.17) is 0 Å². The fourth-order valence-corrected chi connectivity index (χ4v) is 4.47. The third-order valence-electron chi connectivity index (χ3n) is 3.88. The van der Waals surface area contributed by atoms with Crippen molar-refractivity contribution in [3.63, 3.8) is 0 Å². The van der Waals surface area contributed by atoms with Gasteiger partial charge < -0.3 is 0 Å². The average molecular weight is 328 g/mol. The lowest BCUT2D eigenvalue weighted by molar-refractivity contribution is -0.123. The number of carbonyl (C=O) groups is 1. The lowest BCUT2D eigenvalue weighted by atomic mass is 9.85. The zero-order chi connectivity index (χ0) is 15.6. The van der Waals surface area contributed by atoms with Crippen molar-refractivity contribution in [1.29, 1.82) is 0 Å². The number of allylic oxidation sites excluding steroid dienone is 2. The molecule has 0 aromatic carbocycles. The first-order valence-corrected chi connectivity index (χ1v) is 9.36. The summed E-state index contributed by atoms with van der Waals surface area (Å²) in [5, 5.41) is 1.70. The van der Waals surface area contributed by atoms with Gasteiger partial charge in [-0.15, -0.1) is 11.3 Å². The molecular weight excluding hydrogens is 308 g/mol. The molecule has 0 bridgehead atoms. The Balaban J connectivity index is 2.08. The van der Waals surface area contributed by atoms with Crippen LogP contribution in [0.1, 0.15) is 45.7 Å². The quantitative estimate of drug-likeness (QED) is 0.862. The molecule has 0 radical (unpaired) electrons. The van der Waals surface area contributed by atoms with Crippen LogP contribution in [-0.2, 0) is 21.2 Å². The molecule has 1 aliphatic carbocycles. The molecule has 0 fully saturated rings. The molecule has 7 heteroatoms. The molecule has 5 nitrogen and oxygen atoms in total. The molecule has 0 saturated carbocycles. The maximum absolute atomic E-state index is 12.2. The number of hydrogen-bond acceptors (Lipinski definition) is 5. The summed E-state index contributed by atoms with van der Waals surface area (Å²) < 4.78 is 26.5. The Kier molecular flexibility index (Phi) is 4.83. The number of sulfonamides is 1. The zero-order valence-corrected chi connectivity index (χ0v) is 14.1. The average Bonchev–Trinajstić information content (AvgIpc) is 2.91. The third kappa shape index (κ3) is 3.71. The van der Waals surface area contributed by atoms with Gasteiger partial charge in [0.25, 0.3) is 10.0 Å². The largest absolute Gasteiger partial charge is 0.291 e. The van der Waals surface area contributed by atoms with E-state index in [1.807, 2.05) is 13.8 Å². The highest BCUT2D eigenvalue weighted by atomic mass is 32.2. The molecule has 2 rings (SSSR count). The van der Waals surface area contributed by atoms with E-state index in [0.29, 0.717) is 19.3 Å². The monoisotopic (exact) mass is 328 g/mol. The number of aromatic nitrogens is 1. The van der Waals surface area contributed by atoms with Crippen LogP contribution in [0, 0.1) is 5.92 Å². The molecule has 116 valence electrons. The van der Waals surface area contributed by atoms with Gasteiger partial charge in [-0.1, -0.05) is 18.1 Å². The molecule has 1 aromatic rings. The molecule has 1 atom stereocenters. The molecule has 1 unspecified atom stereocenters. The van der Waals surface area contributed by atoms with Gasteiger partial charge in [0.2, 0.25) is 10.2 Å². The van der Waals surface area contributed by atoms with Crippen molar-refractivity contribution in [2.24, 2.45) is 5.92 Å². The highest BCUT2D eigenvalue weighted by Gasteiger charge is 2.28. The van der Waals surface area contributed by atoms with Gasteiger partial charge in [0, 0.05) is 11.3 Å². The molecule has 1 amide bonds. The number of carbonyl (C=O) groups excluding carboxylic acids is 1. The number of aryl methyl sites for hydroxylation is 1. The Morgan fingerprint density at radius 2 is 2.14 bits per heavy atom. The smallest absolute Gasteiger partial charge is 0.274 e. The van der Waals surface area contributed by atoms with Gasteiger partial charge in [0.1, 0.15) is 0 Å². The Hall–Kier alpha value is -1.21. The van der Waals surface area contributed by atoms with Crippen LogP contribution in [-0.4, -0.2) is 19.3 Å². The van der Waals surface area contributed by atoms with Crippen LogP contribution in [0.5, 0.6) is 0 Å². The molecule has 0 spiro atoms. The van der Waals surface area contributed by atoms with Crippen LogP contribution >= 0.6 is 11.3 Å². The number of nitrogens with zero attached hydrogens (tertiary/aromatic N) is 1. The van der Waals surface area contributed by atoms with Crippen molar-refractivity contribution < 1.29 is 13.2 Å². The van der Waals surface area contributed by atoms with Crippen molar-refractivity contribution in [3.8, 4) is 0 Å². The summed E-state index contributed by atoms with van der Waals surface area (Å²) in [6.45, 7) is 5.96. The van der Waals surface area contributed by atoms with Crippen molar-refractivity contribution in [2.45, 2.75) is 50.8 Å². The normalized spacial score (nSPS) is 19.7. The SMILES string of the molecule is CCc1csc(S(=O)(=O)NC(=O)C2CCC(C)=C(C)C2)n1. The van der Waals surface area contributed by atoms with Crippen molar-refractivity contribution in [2.75, 3.05) is 0 Å². The van der Waals surface area contributed by atoms with Crippen LogP contribution in [0.15, 0.2) is 20.9 Å². The molecule has 1 aromatic heterocycles. The molecular formula is C14H20N2O3S2. The first-order valence-electron chi connectivity index (χ1n) is 6.99. The summed E-state index contributed by atoms with van der Waals surface area (Å²) in [4.78, 5) is 16.2.